The van der Waals surface area contributed by atoms with Crippen LogP contribution >= 0.6 is 0 Å². The minimum absolute atomic E-state index is 0.0400. The molecule has 1 aromatic rings. The third-order valence-corrected chi connectivity index (χ3v) is 2.46. The van der Waals surface area contributed by atoms with Crippen LogP contribution in [0.3, 0.4) is 0 Å². The van der Waals surface area contributed by atoms with Crippen molar-refractivity contribution in [2.45, 2.75) is 27.2 Å². The number of rotatable bonds is 2. The fourth-order valence-electron chi connectivity index (χ4n) is 1.45. The number of carbonyl (C=O) groups is 1. The molecule has 5 nitrogen and oxygen atoms in total. The van der Waals surface area contributed by atoms with Crippen molar-refractivity contribution in [2.24, 2.45) is 11.0 Å². The molecule has 0 spiro atoms. The first-order chi connectivity index (χ1) is 7.58. The lowest BCUT2D eigenvalue weighted by molar-refractivity contribution is -0.117. The van der Waals surface area contributed by atoms with E-state index in [-0.39, 0.29) is 11.8 Å². The van der Waals surface area contributed by atoms with Crippen LogP contribution in [0, 0.1) is 12.8 Å². The Kier molecular flexibility index (Phi) is 2.68. The molecule has 0 aromatic carbocycles. The number of hydrazone groups is 1. The molecule has 16 heavy (non-hydrogen) atoms. The molecule has 1 aliphatic rings. The molecule has 0 N–H and O–H groups in total. The minimum atomic E-state index is -0.0400. The van der Waals surface area contributed by atoms with Gasteiger partial charge >= 0.3 is 0 Å². The predicted molar refractivity (Wildman–Crippen MR) is 61.1 cm³/mol. The van der Waals surface area contributed by atoms with E-state index in [0.29, 0.717) is 12.2 Å². The Morgan fingerprint density at radius 3 is 2.56 bits per heavy atom. The highest BCUT2D eigenvalue weighted by atomic mass is 16.2. The number of nitrogens with zero attached hydrogens (tertiary/aromatic N) is 4. The lowest BCUT2D eigenvalue weighted by Crippen LogP contribution is -2.21. The minimum Gasteiger partial charge on any atom is -0.272 e. The second-order valence-electron chi connectivity index (χ2n) is 4.16. The molecular formula is C11H14N4O. The maximum Gasteiger partial charge on any atom is 0.254 e. The fourth-order valence-corrected chi connectivity index (χ4v) is 1.45. The van der Waals surface area contributed by atoms with Crippen molar-refractivity contribution >= 4 is 17.4 Å². The van der Waals surface area contributed by atoms with Crippen LogP contribution < -0.4 is 5.01 Å². The summed E-state index contributed by atoms with van der Waals surface area (Å²) in [6.07, 6.45) is 0.382. The van der Waals surface area contributed by atoms with Crippen LogP contribution in [0.4, 0.5) is 5.82 Å². The molecule has 2 heterocycles. The first kappa shape index (κ1) is 10.7. The quantitative estimate of drug-likeness (QED) is 0.756. The van der Waals surface area contributed by atoms with Crippen molar-refractivity contribution in [2.75, 3.05) is 5.01 Å². The fraction of sp³-hybridized carbons (Fsp3) is 0.455. The number of hydrogen-bond acceptors (Lipinski definition) is 4. The van der Waals surface area contributed by atoms with Crippen molar-refractivity contribution in [3.63, 3.8) is 0 Å². The third kappa shape index (κ3) is 1.93. The highest BCUT2D eigenvalue weighted by Gasteiger charge is 2.27. The van der Waals surface area contributed by atoms with Crippen LogP contribution in [0.15, 0.2) is 17.2 Å². The molecule has 0 radical (unpaired) electrons. The Bertz CT molecular complexity index is 436. The maximum absolute atomic E-state index is 11.7. The van der Waals surface area contributed by atoms with Gasteiger partial charge in [-0.05, 0) is 25.0 Å². The second kappa shape index (κ2) is 4.00. The van der Waals surface area contributed by atoms with Gasteiger partial charge in [0.15, 0.2) is 5.82 Å². The third-order valence-electron chi connectivity index (χ3n) is 2.46. The standard InChI is InChI=1S/C11H14N4O/c1-7(2)9-6-11(16)15(14-9)10-5-4-8(3)12-13-10/h4-5,7H,6H2,1-3H3. The Morgan fingerprint density at radius 2 is 2.06 bits per heavy atom. The molecule has 1 aromatic heterocycles. The molecule has 0 saturated heterocycles. The van der Waals surface area contributed by atoms with Crippen molar-refractivity contribution in [3.05, 3.63) is 17.8 Å². The Labute approximate surface area is 94.2 Å². The van der Waals surface area contributed by atoms with Gasteiger partial charge in [-0.15, -0.1) is 5.10 Å². The molecule has 0 saturated carbocycles. The molecule has 0 fully saturated rings. The molecule has 0 atom stereocenters. The summed E-state index contributed by atoms with van der Waals surface area (Å²) < 4.78 is 0. The first-order valence-corrected chi connectivity index (χ1v) is 5.28. The number of hydrogen-bond donors (Lipinski definition) is 0. The van der Waals surface area contributed by atoms with Gasteiger partial charge < -0.3 is 0 Å². The summed E-state index contributed by atoms with van der Waals surface area (Å²) in [7, 11) is 0. The summed E-state index contributed by atoms with van der Waals surface area (Å²) in [5.41, 5.74) is 1.72. The van der Waals surface area contributed by atoms with E-state index in [4.69, 9.17) is 0 Å². The van der Waals surface area contributed by atoms with Gasteiger partial charge in [0.1, 0.15) is 0 Å². The molecule has 0 bridgehead atoms. The second-order valence-corrected chi connectivity index (χ2v) is 4.16. The largest absolute Gasteiger partial charge is 0.272 e. The molecule has 1 amide bonds. The van der Waals surface area contributed by atoms with E-state index in [9.17, 15) is 4.79 Å². The lowest BCUT2D eigenvalue weighted by Gasteiger charge is -2.09. The molecule has 0 unspecified atom stereocenters. The summed E-state index contributed by atoms with van der Waals surface area (Å²) in [6.45, 7) is 5.90. The van der Waals surface area contributed by atoms with Crippen molar-refractivity contribution in [3.8, 4) is 0 Å². The SMILES string of the molecule is Cc1ccc(N2N=C(C(C)C)CC2=O)nn1. The molecule has 5 heteroatoms. The van der Waals surface area contributed by atoms with E-state index >= 15 is 0 Å². The number of aryl methyl sites for hydroxylation is 1. The van der Waals surface area contributed by atoms with Gasteiger partial charge in [0.05, 0.1) is 17.8 Å². The van der Waals surface area contributed by atoms with Gasteiger partial charge in [-0.25, -0.2) is 0 Å². The molecule has 0 aliphatic carbocycles. The first-order valence-electron chi connectivity index (χ1n) is 5.28. The van der Waals surface area contributed by atoms with Gasteiger partial charge in [0.25, 0.3) is 5.91 Å². The van der Waals surface area contributed by atoms with Gasteiger partial charge in [-0.2, -0.15) is 15.2 Å². The van der Waals surface area contributed by atoms with E-state index in [1.807, 2.05) is 26.8 Å². The highest BCUT2D eigenvalue weighted by molar-refractivity contribution is 6.13. The Balaban J connectivity index is 2.28. The lowest BCUT2D eigenvalue weighted by atomic mass is 10.1. The smallest absolute Gasteiger partial charge is 0.254 e. The number of amides is 1. The summed E-state index contributed by atoms with van der Waals surface area (Å²) in [5.74, 6) is 0.737. The molecule has 84 valence electrons. The summed E-state index contributed by atoms with van der Waals surface area (Å²) in [5, 5.41) is 13.5. The zero-order valence-corrected chi connectivity index (χ0v) is 9.64. The zero-order chi connectivity index (χ0) is 11.7. The Hall–Kier alpha value is -1.78. The normalized spacial score (nSPS) is 15.9. The van der Waals surface area contributed by atoms with Crippen LogP contribution in [0.25, 0.3) is 0 Å². The highest BCUT2D eigenvalue weighted by Crippen LogP contribution is 2.20. The maximum atomic E-state index is 11.7. The summed E-state index contributed by atoms with van der Waals surface area (Å²) in [6, 6.07) is 3.57. The van der Waals surface area contributed by atoms with Gasteiger partial charge in [0, 0.05) is 0 Å². The van der Waals surface area contributed by atoms with E-state index < -0.39 is 0 Å². The van der Waals surface area contributed by atoms with Crippen molar-refractivity contribution in [1.29, 1.82) is 0 Å². The van der Waals surface area contributed by atoms with E-state index in [2.05, 4.69) is 15.3 Å². The van der Waals surface area contributed by atoms with Crippen molar-refractivity contribution < 1.29 is 4.79 Å². The number of carbonyl (C=O) groups excluding carboxylic acids is 1. The van der Waals surface area contributed by atoms with E-state index in [1.165, 1.54) is 5.01 Å². The van der Waals surface area contributed by atoms with Crippen molar-refractivity contribution in [1.82, 2.24) is 10.2 Å². The van der Waals surface area contributed by atoms with Crippen LogP contribution in [0.1, 0.15) is 26.0 Å². The molecular weight excluding hydrogens is 204 g/mol. The monoisotopic (exact) mass is 218 g/mol. The van der Waals surface area contributed by atoms with Gasteiger partial charge in [-0.3, -0.25) is 4.79 Å². The molecule has 2 rings (SSSR count). The molecule has 1 aliphatic heterocycles. The van der Waals surface area contributed by atoms with Crippen LogP contribution in [-0.2, 0) is 4.79 Å². The van der Waals surface area contributed by atoms with E-state index in [0.717, 1.165) is 11.4 Å². The van der Waals surface area contributed by atoms with Crippen LogP contribution in [-0.4, -0.2) is 21.8 Å². The van der Waals surface area contributed by atoms with E-state index in [1.54, 1.807) is 6.07 Å². The summed E-state index contributed by atoms with van der Waals surface area (Å²) in [4.78, 5) is 11.7. The Morgan fingerprint density at radius 1 is 1.31 bits per heavy atom. The number of anilines is 1. The topological polar surface area (TPSA) is 58.5 Å². The number of aromatic nitrogens is 2. The van der Waals surface area contributed by atoms with Gasteiger partial charge in [0.2, 0.25) is 0 Å². The van der Waals surface area contributed by atoms with Crippen LogP contribution in [0.2, 0.25) is 0 Å². The average Bonchev–Trinajstić information content (AvgIpc) is 2.62. The summed E-state index contributed by atoms with van der Waals surface area (Å²) >= 11 is 0. The zero-order valence-electron chi connectivity index (χ0n) is 9.64. The van der Waals surface area contributed by atoms with Gasteiger partial charge in [-0.1, -0.05) is 13.8 Å². The predicted octanol–water partition coefficient (Wildman–Crippen LogP) is 1.53. The van der Waals surface area contributed by atoms with Crippen LogP contribution in [0.5, 0.6) is 0 Å². The average molecular weight is 218 g/mol.